The Hall–Kier alpha value is -3.02. The van der Waals surface area contributed by atoms with E-state index in [-0.39, 0.29) is 17.1 Å². The molecule has 0 heterocycles. The van der Waals surface area contributed by atoms with Gasteiger partial charge >= 0.3 is 5.97 Å². The summed E-state index contributed by atoms with van der Waals surface area (Å²) in [5, 5.41) is 8.44. The third-order valence-corrected chi connectivity index (χ3v) is 6.15. The lowest BCUT2D eigenvalue weighted by molar-refractivity contribution is -0.134. The molecule has 0 atom stereocenters. The van der Waals surface area contributed by atoms with Gasteiger partial charge in [0.15, 0.2) is 5.75 Å². The minimum Gasteiger partial charge on any atom is -0.494 e. The Bertz CT molecular complexity index is 989. The van der Waals surface area contributed by atoms with Gasteiger partial charge in [0.05, 0.1) is 18.0 Å². The number of hydrogen-bond donors (Lipinski definition) is 0. The van der Waals surface area contributed by atoms with Gasteiger partial charge in [0.2, 0.25) is 5.43 Å². The highest BCUT2D eigenvalue weighted by atomic mass is 16.5. The van der Waals surface area contributed by atoms with Crippen molar-refractivity contribution >= 4 is 17.3 Å². The number of unbranched alkanes of at least 4 members (excludes halogenated alkanes) is 11. The van der Waals surface area contributed by atoms with Crippen LogP contribution in [-0.2, 0) is 4.79 Å². The second-order valence-corrected chi connectivity index (χ2v) is 9.48. The van der Waals surface area contributed by atoms with Crippen LogP contribution in [0.15, 0.2) is 63.6 Å². The fraction of sp³-hybridized carbons (Fsp3) is 0.548. The summed E-state index contributed by atoms with van der Waals surface area (Å²) in [7, 11) is 0. The molecule has 0 fully saturated rings. The van der Waals surface area contributed by atoms with E-state index in [4.69, 9.17) is 9.47 Å². The lowest BCUT2D eigenvalue weighted by Gasteiger charge is -2.05. The van der Waals surface area contributed by atoms with Crippen LogP contribution in [0.25, 0.3) is 0 Å². The highest BCUT2D eigenvalue weighted by Gasteiger charge is 2.07. The summed E-state index contributed by atoms with van der Waals surface area (Å²) in [6.07, 6.45) is 15.6. The highest BCUT2D eigenvalue weighted by Crippen LogP contribution is 2.22. The van der Waals surface area contributed by atoms with Crippen molar-refractivity contribution < 1.29 is 14.3 Å². The molecule has 0 radical (unpaired) electrons. The maximum Gasteiger partial charge on any atom is 0.311 e. The fourth-order valence-electron chi connectivity index (χ4n) is 3.89. The molecule has 37 heavy (non-hydrogen) atoms. The summed E-state index contributed by atoms with van der Waals surface area (Å²) < 4.78 is 11.1. The molecule has 0 amide bonds. The average molecular weight is 509 g/mol. The molecule has 0 saturated carbocycles. The molecule has 6 nitrogen and oxygen atoms in total. The first-order valence-electron chi connectivity index (χ1n) is 14.1. The van der Waals surface area contributed by atoms with Crippen LogP contribution in [0.3, 0.4) is 0 Å². The van der Waals surface area contributed by atoms with Crippen LogP contribution in [0.4, 0.5) is 11.4 Å². The quantitative estimate of drug-likeness (QED) is 0.108. The number of esters is 1. The van der Waals surface area contributed by atoms with Crippen LogP contribution < -0.4 is 14.9 Å². The van der Waals surface area contributed by atoms with Crippen LogP contribution in [0.2, 0.25) is 0 Å². The molecule has 0 N–H and O–H groups in total. The molecule has 0 aliphatic heterocycles. The van der Waals surface area contributed by atoms with Gasteiger partial charge in [0.25, 0.3) is 0 Å². The SMILES string of the molecule is CCCCCCCCCCCC(=O)Oc1ccc(N=Nc2ccc(OCCCCCC)cc2)ccc1=O. The summed E-state index contributed by atoms with van der Waals surface area (Å²) in [5.74, 6) is 0.455. The van der Waals surface area contributed by atoms with E-state index >= 15 is 0 Å². The Balaban J connectivity index is 1.76. The first kappa shape index (κ1) is 30.2. The van der Waals surface area contributed by atoms with E-state index in [1.54, 1.807) is 12.1 Å². The number of azo groups is 1. The van der Waals surface area contributed by atoms with Crippen molar-refractivity contribution in [1.82, 2.24) is 0 Å². The van der Waals surface area contributed by atoms with Crippen LogP contribution in [0, 0.1) is 0 Å². The van der Waals surface area contributed by atoms with Gasteiger partial charge in [-0.2, -0.15) is 10.2 Å². The number of rotatable bonds is 19. The van der Waals surface area contributed by atoms with Crippen molar-refractivity contribution in [2.45, 2.75) is 104 Å². The van der Waals surface area contributed by atoms with Crippen molar-refractivity contribution in [3.05, 3.63) is 58.8 Å². The first-order chi connectivity index (χ1) is 18.1. The van der Waals surface area contributed by atoms with E-state index in [1.165, 1.54) is 69.9 Å². The van der Waals surface area contributed by atoms with Crippen LogP contribution in [0.1, 0.15) is 104 Å². The van der Waals surface area contributed by atoms with Crippen LogP contribution in [-0.4, -0.2) is 12.6 Å². The molecule has 0 spiro atoms. The van der Waals surface area contributed by atoms with Gasteiger partial charge in [-0.3, -0.25) is 9.59 Å². The van der Waals surface area contributed by atoms with E-state index in [0.29, 0.717) is 24.4 Å². The Morgan fingerprint density at radius 3 is 1.78 bits per heavy atom. The molecule has 0 saturated heterocycles. The number of ether oxygens (including phenoxy) is 2. The van der Waals surface area contributed by atoms with Crippen LogP contribution in [0.5, 0.6) is 11.5 Å². The molecule has 0 aliphatic rings. The number of nitrogens with zero attached hydrogens (tertiary/aromatic N) is 2. The van der Waals surface area contributed by atoms with Crippen molar-refractivity contribution in [2.75, 3.05) is 6.61 Å². The van der Waals surface area contributed by atoms with E-state index in [1.807, 2.05) is 24.3 Å². The minimum absolute atomic E-state index is 0.0165. The van der Waals surface area contributed by atoms with E-state index in [0.717, 1.165) is 31.4 Å². The third-order valence-electron chi connectivity index (χ3n) is 6.15. The van der Waals surface area contributed by atoms with Gasteiger partial charge in [-0.05, 0) is 61.4 Å². The molecule has 2 aromatic carbocycles. The monoisotopic (exact) mass is 508 g/mol. The first-order valence-corrected chi connectivity index (χ1v) is 14.1. The second kappa shape index (κ2) is 19.1. The maximum atomic E-state index is 12.3. The summed E-state index contributed by atoms with van der Waals surface area (Å²) in [5.41, 5.74) is 0.816. The average Bonchev–Trinajstić information content (AvgIpc) is 3.08. The number of benzene rings is 1. The molecule has 202 valence electrons. The Labute approximate surface area is 222 Å². The predicted octanol–water partition coefficient (Wildman–Crippen LogP) is 9.25. The highest BCUT2D eigenvalue weighted by molar-refractivity contribution is 5.72. The zero-order chi connectivity index (χ0) is 26.6. The molecule has 2 aromatic rings. The van der Waals surface area contributed by atoms with Crippen molar-refractivity contribution in [3.8, 4) is 11.5 Å². The topological polar surface area (TPSA) is 77.3 Å². The Morgan fingerprint density at radius 1 is 0.649 bits per heavy atom. The zero-order valence-electron chi connectivity index (χ0n) is 22.8. The van der Waals surface area contributed by atoms with Gasteiger partial charge in [-0.15, -0.1) is 0 Å². The van der Waals surface area contributed by atoms with Crippen LogP contribution >= 0.6 is 0 Å². The van der Waals surface area contributed by atoms with Gasteiger partial charge in [-0.1, -0.05) is 84.5 Å². The molecule has 0 bridgehead atoms. The van der Waals surface area contributed by atoms with E-state index < -0.39 is 0 Å². The summed E-state index contributed by atoms with van der Waals surface area (Å²) in [6.45, 7) is 5.13. The third kappa shape index (κ3) is 13.7. The molecular formula is C31H44N2O4. The van der Waals surface area contributed by atoms with Gasteiger partial charge < -0.3 is 9.47 Å². The predicted molar refractivity (Wildman–Crippen MR) is 150 cm³/mol. The smallest absolute Gasteiger partial charge is 0.311 e. The molecule has 0 aliphatic carbocycles. The number of hydrogen-bond acceptors (Lipinski definition) is 6. The lowest BCUT2D eigenvalue weighted by Crippen LogP contribution is -2.12. The summed E-state index contributed by atoms with van der Waals surface area (Å²) in [6, 6.07) is 13.5. The van der Waals surface area contributed by atoms with E-state index in [2.05, 4.69) is 24.1 Å². The normalized spacial score (nSPS) is 11.1. The molecule has 2 rings (SSSR count). The van der Waals surface area contributed by atoms with E-state index in [9.17, 15) is 9.59 Å². The maximum absolute atomic E-state index is 12.3. The number of carbonyl (C=O) groups excluding carboxylic acids is 1. The number of carbonyl (C=O) groups is 1. The molecule has 0 unspecified atom stereocenters. The molecule has 0 aromatic heterocycles. The molecule has 6 heteroatoms. The zero-order valence-corrected chi connectivity index (χ0v) is 22.8. The standard InChI is InChI=1S/C31H44N2O4/c1-3-5-7-9-10-11-12-13-14-16-31(35)37-30-24-20-27(19-23-29(30)34)33-32-26-17-21-28(22-18-26)36-25-15-8-6-4-2/h17-24H,3-16,25H2,1-2H3. The molecular weight excluding hydrogens is 464 g/mol. The Kier molecular flexibility index (Phi) is 15.6. The minimum atomic E-state index is -0.373. The fourth-order valence-corrected chi connectivity index (χ4v) is 3.89. The Morgan fingerprint density at radius 2 is 1.16 bits per heavy atom. The van der Waals surface area contributed by atoms with Crippen molar-refractivity contribution in [2.24, 2.45) is 10.2 Å². The van der Waals surface area contributed by atoms with Gasteiger partial charge in [0, 0.05) is 6.42 Å². The van der Waals surface area contributed by atoms with Gasteiger partial charge in [0.1, 0.15) is 5.75 Å². The van der Waals surface area contributed by atoms with Gasteiger partial charge in [-0.25, -0.2) is 0 Å². The lowest BCUT2D eigenvalue weighted by atomic mass is 10.1. The summed E-state index contributed by atoms with van der Waals surface area (Å²) in [4.78, 5) is 24.5. The summed E-state index contributed by atoms with van der Waals surface area (Å²) >= 11 is 0. The van der Waals surface area contributed by atoms with Crippen molar-refractivity contribution in [3.63, 3.8) is 0 Å². The second-order valence-electron chi connectivity index (χ2n) is 9.48. The van der Waals surface area contributed by atoms with Crippen molar-refractivity contribution in [1.29, 1.82) is 0 Å². The largest absolute Gasteiger partial charge is 0.494 e.